The van der Waals surface area contributed by atoms with Crippen molar-refractivity contribution in [3.8, 4) is 28.4 Å². The van der Waals surface area contributed by atoms with Crippen molar-refractivity contribution < 1.29 is 28.4 Å². The van der Waals surface area contributed by atoms with Crippen LogP contribution in [-0.4, -0.2) is 35.5 Å². The van der Waals surface area contributed by atoms with Gasteiger partial charge in [0, 0.05) is 39.6 Å². The second-order valence-corrected chi connectivity index (χ2v) is 10.0. The Morgan fingerprint density at radius 2 is 0.878 bits per heavy atom. The number of hydrogen-bond donors (Lipinski definition) is 0. The summed E-state index contributed by atoms with van der Waals surface area (Å²) < 4.78 is 34.0. The molecular weight excluding hydrogens is 516 g/mol. The summed E-state index contributed by atoms with van der Waals surface area (Å²) in [5.74, 6) is 2.36. The number of benzene rings is 4. The van der Waals surface area contributed by atoms with Gasteiger partial charge in [-0.1, -0.05) is 24.3 Å². The van der Waals surface area contributed by atoms with E-state index in [1.807, 2.05) is 24.3 Å². The van der Waals surface area contributed by atoms with Gasteiger partial charge in [0.15, 0.2) is 0 Å². The minimum Gasteiger partial charge on any atom is -0.497 e. The molecule has 0 aliphatic rings. The molecule has 4 aromatic rings. The van der Waals surface area contributed by atoms with E-state index in [2.05, 4.69) is 55.5 Å². The average Bonchev–Trinajstić information content (AvgIpc) is 2.98. The maximum atomic E-state index is 6.50. The van der Waals surface area contributed by atoms with Gasteiger partial charge in [0.1, 0.15) is 17.2 Å². The summed E-state index contributed by atoms with van der Waals surface area (Å²) in [4.78, 5) is 0. The summed E-state index contributed by atoms with van der Waals surface area (Å²) in [6, 6.07) is 25.0. The van der Waals surface area contributed by atoms with Gasteiger partial charge in [-0.25, -0.2) is 0 Å². The number of hydrogen-bond acceptors (Lipinski definition) is 6. The standard InChI is InChI=1S/C35H40O6/c1-24-29(20-36-2)16-27(17-30(24)21-37-3)28-18-31(22-38-4)35(32(19-28)23-39-5)41-34-13-9-26(10-14-34)15-25-7-11-33(40-6)12-8-25/h7-14,16-19H,15,20-23H2,1-6H3. The van der Waals surface area contributed by atoms with Gasteiger partial charge in [-0.3, -0.25) is 0 Å². The Morgan fingerprint density at radius 1 is 0.488 bits per heavy atom. The molecule has 0 amide bonds. The van der Waals surface area contributed by atoms with Crippen molar-refractivity contribution in [2.45, 2.75) is 39.8 Å². The van der Waals surface area contributed by atoms with Gasteiger partial charge in [-0.2, -0.15) is 0 Å². The summed E-state index contributed by atoms with van der Waals surface area (Å²) in [6.45, 7) is 3.97. The third-order valence-electron chi connectivity index (χ3n) is 7.11. The largest absolute Gasteiger partial charge is 0.497 e. The summed E-state index contributed by atoms with van der Waals surface area (Å²) in [6.07, 6.45) is 0.829. The molecule has 0 saturated heterocycles. The molecular formula is C35H40O6. The van der Waals surface area contributed by atoms with E-state index >= 15 is 0 Å². The number of rotatable bonds is 14. The highest BCUT2D eigenvalue weighted by molar-refractivity contribution is 5.70. The molecule has 0 fully saturated rings. The fourth-order valence-electron chi connectivity index (χ4n) is 4.97. The first kappa shape index (κ1) is 30.3. The first-order valence-electron chi connectivity index (χ1n) is 13.6. The summed E-state index contributed by atoms with van der Waals surface area (Å²) in [7, 11) is 8.50. The second-order valence-electron chi connectivity index (χ2n) is 10.0. The van der Waals surface area contributed by atoms with Crippen molar-refractivity contribution in [2.75, 3.05) is 35.5 Å². The van der Waals surface area contributed by atoms with Crippen LogP contribution in [0.4, 0.5) is 0 Å². The van der Waals surface area contributed by atoms with Crippen LogP contribution in [0.25, 0.3) is 11.1 Å². The van der Waals surface area contributed by atoms with Gasteiger partial charge < -0.3 is 28.4 Å². The minimum absolute atomic E-state index is 0.400. The van der Waals surface area contributed by atoms with Crippen molar-refractivity contribution in [1.29, 1.82) is 0 Å². The van der Waals surface area contributed by atoms with E-state index in [0.29, 0.717) is 26.4 Å². The molecule has 0 atom stereocenters. The highest BCUT2D eigenvalue weighted by atomic mass is 16.5. The lowest BCUT2D eigenvalue weighted by Gasteiger charge is -2.19. The lowest BCUT2D eigenvalue weighted by atomic mass is 9.93. The Hall–Kier alpha value is -3.68. The molecule has 6 nitrogen and oxygen atoms in total. The Balaban J connectivity index is 1.66. The molecule has 216 valence electrons. The lowest BCUT2D eigenvalue weighted by Crippen LogP contribution is -2.03. The van der Waals surface area contributed by atoms with Gasteiger partial charge in [0.2, 0.25) is 0 Å². The van der Waals surface area contributed by atoms with E-state index in [1.165, 1.54) is 16.7 Å². The SMILES string of the molecule is COCc1cc(-c2cc(COC)c(Oc3ccc(Cc4ccc(OC)cc4)cc3)c(COC)c2)cc(COC)c1C. The van der Waals surface area contributed by atoms with E-state index in [4.69, 9.17) is 28.4 Å². The molecule has 0 aliphatic carbocycles. The van der Waals surface area contributed by atoms with Crippen LogP contribution < -0.4 is 9.47 Å². The Labute approximate surface area is 243 Å². The maximum Gasteiger partial charge on any atom is 0.138 e. The van der Waals surface area contributed by atoms with E-state index in [9.17, 15) is 0 Å². The summed E-state index contributed by atoms with van der Waals surface area (Å²) in [5.41, 5.74) is 9.90. The number of methoxy groups -OCH3 is 5. The number of ether oxygens (including phenoxy) is 6. The molecule has 0 bridgehead atoms. The molecule has 41 heavy (non-hydrogen) atoms. The van der Waals surface area contributed by atoms with Crippen LogP contribution in [0, 0.1) is 6.92 Å². The van der Waals surface area contributed by atoms with Crippen molar-refractivity contribution in [3.05, 3.63) is 112 Å². The fourth-order valence-corrected chi connectivity index (χ4v) is 4.97. The third-order valence-corrected chi connectivity index (χ3v) is 7.11. The van der Waals surface area contributed by atoms with E-state index in [-0.39, 0.29) is 0 Å². The van der Waals surface area contributed by atoms with Crippen LogP contribution >= 0.6 is 0 Å². The molecule has 4 aromatic carbocycles. The van der Waals surface area contributed by atoms with E-state index in [1.54, 1.807) is 35.5 Å². The van der Waals surface area contributed by atoms with E-state index in [0.717, 1.165) is 57.1 Å². The van der Waals surface area contributed by atoms with Crippen LogP contribution in [0.1, 0.15) is 38.9 Å². The van der Waals surface area contributed by atoms with Crippen molar-refractivity contribution >= 4 is 0 Å². The van der Waals surface area contributed by atoms with Gasteiger partial charge in [0.05, 0.1) is 33.5 Å². The van der Waals surface area contributed by atoms with Crippen LogP contribution in [0.15, 0.2) is 72.8 Å². The molecule has 0 N–H and O–H groups in total. The third kappa shape index (κ3) is 7.75. The van der Waals surface area contributed by atoms with Crippen molar-refractivity contribution in [2.24, 2.45) is 0 Å². The lowest BCUT2D eigenvalue weighted by molar-refractivity contribution is 0.175. The highest BCUT2D eigenvalue weighted by Gasteiger charge is 2.17. The molecule has 0 heterocycles. The van der Waals surface area contributed by atoms with E-state index < -0.39 is 0 Å². The Bertz CT molecular complexity index is 1360. The topological polar surface area (TPSA) is 55.4 Å². The average molecular weight is 557 g/mol. The molecule has 0 radical (unpaired) electrons. The fraction of sp³-hybridized carbons (Fsp3) is 0.314. The summed E-state index contributed by atoms with van der Waals surface area (Å²) in [5, 5.41) is 0. The second kappa shape index (κ2) is 14.8. The quantitative estimate of drug-likeness (QED) is 0.159. The molecule has 6 heteroatoms. The molecule has 0 unspecified atom stereocenters. The first-order valence-corrected chi connectivity index (χ1v) is 13.6. The molecule has 0 spiro atoms. The van der Waals surface area contributed by atoms with Crippen molar-refractivity contribution in [3.63, 3.8) is 0 Å². The molecule has 0 aliphatic heterocycles. The zero-order valence-corrected chi connectivity index (χ0v) is 24.9. The highest BCUT2D eigenvalue weighted by Crippen LogP contribution is 2.37. The molecule has 0 aromatic heterocycles. The zero-order valence-electron chi connectivity index (χ0n) is 24.9. The smallest absolute Gasteiger partial charge is 0.138 e. The predicted molar refractivity (Wildman–Crippen MR) is 162 cm³/mol. The van der Waals surface area contributed by atoms with Gasteiger partial charge in [-0.15, -0.1) is 0 Å². The maximum absolute atomic E-state index is 6.50. The van der Waals surface area contributed by atoms with Crippen LogP contribution in [0.3, 0.4) is 0 Å². The molecule has 4 rings (SSSR count). The predicted octanol–water partition coefficient (Wildman–Crippen LogP) is 7.64. The minimum atomic E-state index is 0.400. The monoisotopic (exact) mass is 556 g/mol. The Morgan fingerprint density at radius 3 is 1.29 bits per heavy atom. The van der Waals surface area contributed by atoms with Crippen molar-refractivity contribution in [1.82, 2.24) is 0 Å². The zero-order chi connectivity index (χ0) is 29.2. The van der Waals surface area contributed by atoms with Crippen LogP contribution in [0.2, 0.25) is 0 Å². The first-order chi connectivity index (χ1) is 20.0. The van der Waals surface area contributed by atoms with Gasteiger partial charge in [0.25, 0.3) is 0 Å². The molecule has 0 saturated carbocycles. The normalized spacial score (nSPS) is 11.1. The van der Waals surface area contributed by atoms with Gasteiger partial charge in [-0.05, 0) is 101 Å². The van der Waals surface area contributed by atoms with Crippen LogP contribution in [0.5, 0.6) is 17.2 Å². The van der Waals surface area contributed by atoms with Crippen LogP contribution in [-0.2, 0) is 51.8 Å². The van der Waals surface area contributed by atoms with Gasteiger partial charge >= 0.3 is 0 Å². The summed E-state index contributed by atoms with van der Waals surface area (Å²) >= 11 is 0. The Kier molecular flexibility index (Phi) is 10.9.